The quantitative estimate of drug-likeness (QED) is 0.727. The lowest BCUT2D eigenvalue weighted by Crippen LogP contribution is -2.11. The van der Waals surface area contributed by atoms with Crippen molar-refractivity contribution in [2.75, 3.05) is 27.4 Å². The zero-order chi connectivity index (χ0) is 17.5. The second-order valence-electron chi connectivity index (χ2n) is 5.66. The fraction of sp³-hybridized carbons (Fsp3) is 0.368. The number of rotatable bonds is 8. The molecule has 0 aliphatic rings. The van der Waals surface area contributed by atoms with Crippen molar-refractivity contribution in [1.29, 1.82) is 0 Å². The van der Waals surface area contributed by atoms with Gasteiger partial charge in [-0.2, -0.15) is 0 Å². The maximum absolute atomic E-state index is 6.31. The van der Waals surface area contributed by atoms with Crippen LogP contribution in [-0.4, -0.2) is 27.4 Å². The summed E-state index contributed by atoms with van der Waals surface area (Å²) >= 11 is 6.31. The molecule has 0 aliphatic heterocycles. The largest absolute Gasteiger partial charge is 0.493 e. The van der Waals surface area contributed by atoms with Gasteiger partial charge in [0.05, 0.1) is 12.1 Å². The predicted molar refractivity (Wildman–Crippen MR) is 97.7 cm³/mol. The highest BCUT2D eigenvalue weighted by atomic mass is 35.5. The Kier molecular flexibility index (Phi) is 6.76. The Labute approximate surface area is 148 Å². The Morgan fingerprint density at radius 1 is 0.958 bits per heavy atom. The summed E-state index contributed by atoms with van der Waals surface area (Å²) in [6, 6.07) is 9.92. The molecule has 0 unspecified atom stereocenters. The summed E-state index contributed by atoms with van der Waals surface area (Å²) in [5.41, 5.74) is 3.39. The third kappa shape index (κ3) is 5.05. The van der Waals surface area contributed by atoms with Gasteiger partial charge in [-0.25, -0.2) is 0 Å². The first-order valence-electron chi connectivity index (χ1n) is 7.88. The number of benzene rings is 2. The van der Waals surface area contributed by atoms with E-state index in [1.54, 1.807) is 7.11 Å². The van der Waals surface area contributed by atoms with Crippen molar-refractivity contribution in [2.45, 2.75) is 20.4 Å². The zero-order valence-corrected chi connectivity index (χ0v) is 15.4. The number of hydrogen-bond acceptors (Lipinski definition) is 4. The molecule has 0 aromatic heterocycles. The molecule has 0 spiro atoms. The van der Waals surface area contributed by atoms with Gasteiger partial charge in [-0.3, -0.25) is 0 Å². The number of ether oxygens (including phenoxy) is 3. The van der Waals surface area contributed by atoms with Gasteiger partial charge in [0.2, 0.25) is 0 Å². The Bertz CT molecular complexity index is 668. The lowest BCUT2D eigenvalue weighted by Gasteiger charge is -2.15. The van der Waals surface area contributed by atoms with Gasteiger partial charge >= 0.3 is 0 Å². The monoisotopic (exact) mass is 349 g/mol. The standard InChI is InChI=1S/C19H24ClNO3/c1-13-7-14(2)9-16(8-13)23-5-6-24-19-17(20)10-15(12-21-3)11-18(19)22-4/h7-11,21H,5-6,12H2,1-4H3. The molecule has 24 heavy (non-hydrogen) atoms. The van der Waals surface area contributed by atoms with E-state index < -0.39 is 0 Å². The number of aryl methyl sites for hydroxylation is 2. The van der Waals surface area contributed by atoms with Crippen molar-refractivity contribution in [3.63, 3.8) is 0 Å². The summed E-state index contributed by atoms with van der Waals surface area (Å²) in [5.74, 6) is 2.01. The Balaban J connectivity index is 1.96. The molecule has 0 aliphatic carbocycles. The first kappa shape index (κ1) is 18.4. The first-order chi connectivity index (χ1) is 11.5. The molecule has 0 saturated heterocycles. The van der Waals surface area contributed by atoms with Crippen LogP contribution in [0.1, 0.15) is 16.7 Å². The van der Waals surface area contributed by atoms with E-state index in [-0.39, 0.29) is 0 Å². The fourth-order valence-corrected chi connectivity index (χ4v) is 2.83. The van der Waals surface area contributed by atoms with Crippen LogP contribution in [0.15, 0.2) is 30.3 Å². The smallest absolute Gasteiger partial charge is 0.179 e. The van der Waals surface area contributed by atoms with Crippen LogP contribution in [0.4, 0.5) is 0 Å². The maximum Gasteiger partial charge on any atom is 0.179 e. The molecule has 0 radical (unpaired) electrons. The van der Waals surface area contributed by atoms with E-state index in [4.69, 9.17) is 25.8 Å². The molecule has 2 rings (SSSR count). The van der Waals surface area contributed by atoms with Gasteiger partial charge in [0.25, 0.3) is 0 Å². The van der Waals surface area contributed by atoms with Gasteiger partial charge < -0.3 is 19.5 Å². The van der Waals surface area contributed by atoms with Crippen LogP contribution >= 0.6 is 11.6 Å². The summed E-state index contributed by atoms with van der Waals surface area (Å²) < 4.78 is 16.9. The Hall–Kier alpha value is -1.91. The molecule has 0 bridgehead atoms. The Morgan fingerprint density at radius 3 is 2.25 bits per heavy atom. The summed E-state index contributed by atoms with van der Waals surface area (Å²) in [6.07, 6.45) is 0. The predicted octanol–water partition coefficient (Wildman–Crippen LogP) is 4.14. The molecule has 4 nitrogen and oxygen atoms in total. The second-order valence-corrected chi connectivity index (χ2v) is 6.07. The minimum absolute atomic E-state index is 0.383. The van der Waals surface area contributed by atoms with Crippen LogP contribution < -0.4 is 19.5 Å². The molecule has 2 aromatic rings. The number of methoxy groups -OCH3 is 1. The minimum atomic E-state index is 0.383. The average Bonchev–Trinajstić information content (AvgIpc) is 2.52. The van der Waals surface area contributed by atoms with E-state index in [0.29, 0.717) is 36.3 Å². The van der Waals surface area contributed by atoms with Crippen LogP contribution in [0.3, 0.4) is 0 Å². The highest BCUT2D eigenvalue weighted by molar-refractivity contribution is 6.32. The van der Waals surface area contributed by atoms with Crippen molar-refractivity contribution in [3.8, 4) is 17.2 Å². The van der Waals surface area contributed by atoms with Gasteiger partial charge in [-0.05, 0) is 61.9 Å². The second kappa shape index (κ2) is 8.81. The molecule has 0 saturated carbocycles. The normalized spacial score (nSPS) is 10.5. The molecule has 5 heteroatoms. The number of halogens is 1. The third-order valence-corrected chi connectivity index (χ3v) is 3.74. The van der Waals surface area contributed by atoms with Crippen LogP contribution in [-0.2, 0) is 6.54 Å². The summed E-state index contributed by atoms with van der Waals surface area (Å²) in [4.78, 5) is 0. The molecule has 0 fully saturated rings. The van der Waals surface area contributed by atoms with E-state index in [1.807, 2.05) is 45.2 Å². The fourth-order valence-electron chi connectivity index (χ4n) is 2.54. The Morgan fingerprint density at radius 2 is 1.62 bits per heavy atom. The molecule has 130 valence electrons. The van der Waals surface area contributed by atoms with Crippen molar-refractivity contribution < 1.29 is 14.2 Å². The number of hydrogen-bond donors (Lipinski definition) is 1. The zero-order valence-electron chi connectivity index (χ0n) is 14.6. The highest BCUT2D eigenvalue weighted by Gasteiger charge is 2.12. The van der Waals surface area contributed by atoms with Gasteiger partial charge in [-0.1, -0.05) is 17.7 Å². The maximum atomic E-state index is 6.31. The van der Waals surface area contributed by atoms with Crippen molar-refractivity contribution >= 4 is 11.6 Å². The molecule has 1 N–H and O–H groups in total. The van der Waals surface area contributed by atoms with Crippen molar-refractivity contribution in [3.05, 3.63) is 52.0 Å². The van der Waals surface area contributed by atoms with Crippen LogP contribution in [0, 0.1) is 13.8 Å². The van der Waals surface area contributed by atoms with Crippen LogP contribution in [0.2, 0.25) is 5.02 Å². The van der Waals surface area contributed by atoms with Crippen LogP contribution in [0.5, 0.6) is 17.2 Å². The highest BCUT2D eigenvalue weighted by Crippen LogP contribution is 2.36. The molecule has 0 atom stereocenters. The van der Waals surface area contributed by atoms with Gasteiger partial charge in [0.1, 0.15) is 19.0 Å². The van der Waals surface area contributed by atoms with Crippen molar-refractivity contribution in [1.82, 2.24) is 5.32 Å². The van der Waals surface area contributed by atoms with E-state index >= 15 is 0 Å². The van der Waals surface area contributed by atoms with Gasteiger partial charge in [0.15, 0.2) is 11.5 Å². The topological polar surface area (TPSA) is 39.7 Å². The number of nitrogens with one attached hydrogen (secondary N) is 1. The van der Waals surface area contributed by atoms with E-state index in [1.165, 1.54) is 11.1 Å². The minimum Gasteiger partial charge on any atom is -0.493 e. The average molecular weight is 350 g/mol. The van der Waals surface area contributed by atoms with E-state index in [2.05, 4.69) is 11.4 Å². The first-order valence-corrected chi connectivity index (χ1v) is 8.26. The molecular formula is C19H24ClNO3. The molecule has 2 aromatic carbocycles. The van der Waals surface area contributed by atoms with Crippen molar-refractivity contribution in [2.24, 2.45) is 0 Å². The lowest BCUT2D eigenvalue weighted by molar-refractivity contribution is 0.211. The lowest BCUT2D eigenvalue weighted by atomic mass is 10.1. The summed E-state index contributed by atoms with van der Waals surface area (Å²) in [6.45, 7) is 5.63. The third-order valence-electron chi connectivity index (χ3n) is 3.46. The molecule has 0 amide bonds. The molecule has 0 heterocycles. The molecular weight excluding hydrogens is 326 g/mol. The van der Waals surface area contributed by atoms with E-state index in [9.17, 15) is 0 Å². The van der Waals surface area contributed by atoms with Crippen LogP contribution in [0.25, 0.3) is 0 Å². The van der Waals surface area contributed by atoms with Gasteiger partial charge in [0, 0.05) is 6.54 Å². The van der Waals surface area contributed by atoms with E-state index in [0.717, 1.165) is 11.3 Å². The SMILES string of the molecule is CNCc1cc(Cl)c(OCCOc2cc(C)cc(C)c2)c(OC)c1. The summed E-state index contributed by atoms with van der Waals surface area (Å²) in [5, 5.41) is 3.62. The summed E-state index contributed by atoms with van der Waals surface area (Å²) in [7, 11) is 3.49. The van der Waals surface area contributed by atoms with Gasteiger partial charge in [-0.15, -0.1) is 0 Å².